The number of hydrogen-bond donors (Lipinski definition) is 1. The summed E-state index contributed by atoms with van der Waals surface area (Å²) in [5.74, 6) is -0.438. The van der Waals surface area contributed by atoms with E-state index < -0.39 is 5.82 Å². The Bertz CT molecular complexity index is 588. The number of halogens is 3. The molecule has 21 heavy (non-hydrogen) atoms. The van der Waals surface area contributed by atoms with Crippen molar-refractivity contribution in [1.29, 1.82) is 0 Å². The van der Waals surface area contributed by atoms with Crippen molar-refractivity contribution in [2.45, 2.75) is 32.7 Å². The van der Waals surface area contributed by atoms with E-state index in [2.05, 4.69) is 36.5 Å². The van der Waals surface area contributed by atoms with Gasteiger partial charge in [0.15, 0.2) is 0 Å². The molecule has 1 N–H and O–H groups in total. The van der Waals surface area contributed by atoms with Gasteiger partial charge in [-0.2, -0.15) is 0 Å². The molecule has 112 valence electrons. The quantitative estimate of drug-likeness (QED) is 0.684. The molecule has 0 fully saturated rings. The molecule has 0 spiro atoms. The van der Waals surface area contributed by atoms with E-state index >= 15 is 0 Å². The molecule has 2 rings (SSSR count). The van der Waals surface area contributed by atoms with Gasteiger partial charge < -0.3 is 5.32 Å². The van der Waals surface area contributed by atoms with E-state index in [1.807, 2.05) is 6.92 Å². The van der Waals surface area contributed by atoms with E-state index in [9.17, 15) is 4.39 Å². The van der Waals surface area contributed by atoms with Gasteiger partial charge in [-0.25, -0.2) is 4.39 Å². The highest BCUT2D eigenvalue weighted by Crippen LogP contribution is 2.34. The van der Waals surface area contributed by atoms with E-state index in [-0.39, 0.29) is 16.1 Å². The maximum atomic E-state index is 13.2. The van der Waals surface area contributed by atoms with Crippen molar-refractivity contribution in [1.82, 2.24) is 0 Å². The zero-order valence-electron chi connectivity index (χ0n) is 12.1. The fraction of sp³-hybridized carbons (Fsp3) is 0.294. The predicted octanol–water partition coefficient (Wildman–Crippen LogP) is 6.26. The molecule has 4 heteroatoms. The first-order chi connectivity index (χ1) is 10.0. The number of benzene rings is 2. The van der Waals surface area contributed by atoms with Gasteiger partial charge in [-0.1, -0.05) is 60.8 Å². The Balaban J connectivity index is 2.16. The molecule has 0 aliphatic heterocycles. The first kappa shape index (κ1) is 16.1. The van der Waals surface area contributed by atoms with Crippen LogP contribution in [0, 0.1) is 5.82 Å². The van der Waals surface area contributed by atoms with E-state index in [1.54, 1.807) is 0 Å². The highest BCUT2D eigenvalue weighted by molar-refractivity contribution is 6.39. The standard InChI is InChI=1S/C17H18Cl2FN/c1-3-4-12-5-7-13(8-6-12)11(2)21-17-15(18)9-14(20)10-16(17)19/h5-11,21H,3-4H2,1-2H3. The van der Waals surface area contributed by atoms with Crippen LogP contribution in [0.3, 0.4) is 0 Å². The summed E-state index contributed by atoms with van der Waals surface area (Å²) in [4.78, 5) is 0. The number of rotatable bonds is 5. The molecule has 0 aromatic heterocycles. The monoisotopic (exact) mass is 325 g/mol. The third kappa shape index (κ3) is 4.12. The van der Waals surface area contributed by atoms with Crippen LogP contribution in [-0.2, 0) is 6.42 Å². The van der Waals surface area contributed by atoms with E-state index in [4.69, 9.17) is 23.2 Å². The predicted molar refractivity (Wildman–Crippen MR) is 88.9 cm³/mol. The first-order valence-corrected chi connectivity index (χ1v) is 7.76. The SMILES string of the molecule is CCCc1ccc(C(C)Nc2c(Cl)cc(F)cc2Cl)cc1. The molecule has 0 amide bonds. The van der Waals surface area contributed by atoms with E-state index in [0.717, 1.165) is 18.4 Å². The number of hydrogen-bond acceptors (Lipinski definition) is 1. The van der Waals surface area contributed by atoms with Crippen LogP contribution >= 0.6 is 23.2 Å². The molecule has 0 saturated carbocycles. The summed E-state index contributed by atoms with van der Waals surface area (Å²) >= 11 is 12.1. The van der Waals surface area contributed by atoms with Gasteiger partial charge in [0.1, 0.15) is 5.82 Å². The van der Waals surface area contributed by atoms with Crippen molar-refractivity contribution in [3.8, 4) is 0 Å². The fourth-order valence-electron chi connectivity index (χ4n) is 2.24. The second-order valence-electron chi connectivity index (χ2n) is 5.10. The number of anilines is 1. The Morgan fingerprint density at radius 3 is 2.19 bits per heavy atom. The van der Waals surface area contributed by atoms with Gasteiger partial charge in [0.25, 0.3) is 0 Å². The van der Waals surface area contributed by atoms with Crippen molar-refractivity contribution in [3.63, 3.8) is 0 Å². The Labute approximate surface area is 135 Å². The lowest BCUT2D eigenvalue weighted by Gasteiger charge is -2.18. The number of aryl methyl sites for hydroxylation is 1. The maximum absolute atomic E-state index is 13.2. The molecule has 1 unspecified atom stereocenters. The van der Waals surface area contributed by atoms with Crippen molar-refractivity contribution in [2.24, 2.45) is 0 Å². The van der Waals surface area contributed by atoms with Crippen LogP contribution in [-0.4, -0.2) is 0 Å². The summed E-state index contributed by atoms with van der Waals surface area (Å²) < 4.78 is 13.2. The van der Waals surface area contributed by atoms with Crippen molar-refractivity contribution in [2.75, 3.05) is 5.32 Å². The summed E-state index contributed by atoms with van der Waals surface area (Å²) in [7, 11) is 0. The van der Waals surface area contributed by atoms with Gasteiger partial charge in [0.05, 0.1) is 15.7 Å². The molecule has 2 aromatic carbocycles. The topological polar surface area (TPSA) is 12.0 Å². The largest absolute Gasteiger partial charge is 0.376 e. The van der Waals surface area contributed by atoms with Gasteiger partial charge in [-0.05, 0) is 36.6 Å². The highest BCUT2D eigenvalue weighted by Gasteiger charge is 2.12. The summed E-state index contributed by atoms with van der Waals surface area (Å²) in [5.41, 5.74) is 3.02. The molecule has 2 aromatic rings. The van der Waals surface area contributed by atoms with Crippen LogP contribution in [0.1, 0.15) is 37.4 Å². The molecular weight excluding hydrogens is 308 g/mol. The molecule has 0 saturated heterocycles. The van der Waals surface area contributed by atoms with Gasteiger partial charge >= 0.3 is 0 Å². The average Bonchev–Trinajstić information content (AvgIpc) is 2.43. The maximum Gasteiger partial charge on any atom is 0.126 e. The minimum Gasteiger partial charge on any atom is -0.376 e. The second kappa shape index (κ2) is 7.15. The van der Waals surface area contributed by atoms with Gasteiger partial charge in [-0.15, -0.1) is 0 Å². The first-order valence-electron chi connectivity index (χ1n) is 7.01. The van der Waals surface area contributed by atoms with Crippen LogP contribution < -0.4 is 5.32 Å². The van der Waals surface area contributed by atoms with Crippen LogP contribution in [0.4, 0.5) is 10.1 Å². The summed E-state index contributed by atoms with van der Waals surface area (Å²) in [6.07, 6.45) is 2.21. The lowest BCUT2D eigenvalue weighted by atomic mass is 10.0. The lowest BCUT2D eigenvalue weighted by molar-refractivity contribution is 0.628. The summed E-state index contributed by atoms with van der Waals surface area (Å²) in [5, 5.41) is 3.82. The lowest BCUT2D eigenvalue weighted by Crippen LogP contribution is -2.07. The average molecular weight is 326 g/mol. The molecule has 1 nitrogen and oxygen atoms in total. The minimum atomic E-state index is -0.438. The zero-order valence-corrected chi connectivity index (χ0v) is 13.6. The summed E-state index contributed by atoms with van der Waals surface area (Å²) in [6.45, 7) is 4.18. The number of nitrogens with one attached hydrogen (secondary N) is 1. The van der Waals surface area contributed by atoms with E-state index in [0.29, 0.717) is 5.69 Å². The smallest absolute Gasteiger partial charge is 0.126 e. The fourth-order valence-corrected chi connectivity index (χ4v) is 2.81. The van der Waals surface area contributed by atoms with Gasteiger partial charge in [0, 0.05) is 6.04 Å². The van der Waals surface area contributed by atoms with Gasteiger partial charge in [0.2, 0.25) is 0 Å². The molecular formula is C17H18Cl2FN. The Kier molecular flexibility index (Phi) is 5.49. The van der Waals surface area contributed by atoms with Crippen LogP contribution in [0.2, 0.25) is 10.0 Å². The zero-order chi connectivity index (χ0) is 15.4. The molecule has 1 atom stereocenters. The van der Waals surface area contributed by atoms with E-state index in [1.165, 1.54) is 17.7 Å². The Morgan fingerprint density at radius 1 is 1.10 bits per heavy atom. The molecule has 0 heterocycles. The highest BCUT2D eigenvalue weighted by atomic mass is 35.5. The van der Waals surface area contributed by atoms with Crippen molar-refractivity contribution >= 4 is 28.9 Å². The minimum absolute atomic E-state index is 0.0288. The molecule has 0 radical (unpaired) electrons. The van der Waals surface area contributed by atoms with Crippen LogP contribution in [0.25, 0.3) is 0 Å². The Hall–Kier alpha value is -1.25. The molecule has 0 aliphatic carbocycles. The van der Waals surface area contributed by atoms with Crippen molar-refractivity contribution in [3.05, 3.63) is 63.4 Å². The summed E-state index contributed by atoms with van der Waals surface area (Å²) in [6, 6.07) is 11.0. The van der Waals surface area contributed by atoms with Crippen molar-refractivity contribution < 1.29 is 4.39 Å². The molecule has 0 bridgehead atoms. The van der Waals surface area contributed by atoms with Crippen LogP contribution in [0.5, 0.6) is 0 Å². The van der Waals surface area contributed by atoms with Gasteiger partial charge in [-0.3, -0.25) is 0 Å². The van der Waals surface area contributed by atoms with Crippen LogP contribution in [0.15, 0.2) is 36.4 Å². The Morgan fingerprint density at radius 2 is 1.67 bits per heavy atom. The third-order valence-electron chi connectivity index (χ3n) is 3.39. The second-order valence-corrected chi connectivity index (χ2v) is 5.92. The normalized spacial score (nSPS) is 12.2. The molecule has 0 aliphatic rings. The third-order valence-corrected chi connectivity index (χ3v) is 3.98.